The number of unbranched alkanes of at least 4 members (excludes halogenated alkanes) is 6. The molecule has 2 N–H and O–H groups in total. The quantitative estimate of drug-likeness (QED) is 0.104. The molecule has 2 aromatic heterocycles. The number of aliphatic imine (C=N–C) groups is 2. The highest BCUT2D eigenvalue weighted by molar-refractivity contribution is 6.09. The molecule has 2 aromatic rings. The highest BCUT2D eigenvalue weighted by Gasteiger charge is 2.26. The van der Waals surface area contributed by atoms with Crippen molar-refractivity contribution in [3.8, 4) is 0 Å². The van der Waals surface area contributed by atoms with E-state index in [1.165, 1.54) is 49.7 Å². The Kier molecular flexibility index (Phi) is 15.9. The van der Waals surface area contributed by atoms with Crippen molar-refractivity contribution in [3.05, 3.63) is 78.7 Å². The molecule has 0 aromatic carbocycles. The van der Waals surface area contributed by atoms with Crippen LogP contribution in [-0.2, 0) is 31.9 Å². The van der Waals surface area contributed by atoms with Gasteiger partial charge in [-0.1, -0.05) is 52.4 Å². The van der Waals surface area contributed by atoms with E-state index in [9.17, 15) is 9.59 Å². The van der Waals surface area contributed by atoms with E-state index in [4.69, 9.17) is 19.5 Å². The van der Waals surface area contributed by atoms with Crippen LogP contribution >= 0.6 is 0 Å². The molecule has 4 rings (SSSR count). The SMILES string of the molecule is CCCCCC[C@H](C)OC(=O)Cc1c(C)[nH]c(/C=C2\N=C(C)C(CC3=C(C)/C(=C/c4[nH]c(C)c(CC(=O)O[C@@H](C)CCCCCC)c4C)N=C3C)=C2C)c1C. The standard InChI is InChI=1S/C47H68N4O4/c1-13-15-17-19-21-28(3)54-46(52)24-40-32(7)44(50-36(40)11)26-42-30(5)38(34(9)48-42)23-39-31(6)43(49-35(39)10)27-45-33(8)41(37(12)51-45)25-47(53)55-29(4)22-20-18-16-14-2/h26-29,50-51H,13-25H2,1-12H3/b42-26-,43-27-/t28-,29-/m0/s1. The van der Waals surface area contributed by atoms with E-state index in [1.807, 2.05) is 27.7 Å². The monoisotopic (exact) mass is 753 g/mol. The van der Waals surface area contributed by atoms with Crippen molar-refractivity contribution in [2.75, 3.05) is 0 Å². The molecule has 55 heavy (non-hydrogen) atoms. The van der Waals surface area contributed by atoms with Gasteiger partial charge in [-0.2, -0.15) is 0 Å². The Hall–Kier alpha value is -4.20. The van der Waals surface area contributed by atoms with Gasteiger partial charge in [-0.25, -0.2) is 0 Å². The maximum absolute atomic E-state index is 12.9. The van der Waals surface area contributed by atoms with Gasteiger partial charge in [0, 0.05) is 40.6 Å². The summed E-state index contributed by atoms with van der Waals surface area (Å²) >= 11 is 0. The lowest BCUT2D eigenvalue weighted by molar-refractivity contribution is -0.148. The number of hydrogen-bond acceptors (Lipinski definition) is 6. The van der Waals surface area contributed by atoms with Crippen molar-refractivity contribution in [1.29, 1.82) is 0 Å². The number of allylic oxidation sites excluding steroid dienone is 4. The number of carbonyl (C=O) groups excluding carboxylic acids is 2. The number of aromatic nitrogens is 2. The first-order valence-corrected chi connectivity index (χ1v) is 20.8. The second kappa shape index (κ2) is 20.1. The normalized spacial score (nSPS) is 17.1. The summed E-state index contributed by atoms with van der Waals surface area (Å²) in [5.41, 5.74) is 16.6. The first-order valence-electron chi connectivity index (χ1n) is 20.8. The zero-order valence-corrected chi connectivity index (χ0v) is 36.0. The number of aromatic amines is 2. The summed E-state index contributed by atoms with van der Waals surface area (Å²) in [6.07, 6.45) is 16.5. The van der Waals surface area contributed by atoms with Gasteiger partial charge in [0.1, 0.15) is 0 Å². The summed E-state index contributed by atoms with van der Waals surface area (Å²) in [5.74, 6) is -0.349. The molecule has 0 aliphatic carbocycles. The van der Waals surface area contributed by atoms with Crippen molar-refractivity contribution >= 4 is 35.5 Å². The van der Waals surface area contributed by atoms with Crippen molar-refractivity contribution in [3.63, 3.8) is 0 Å². The Labute approximate surface area is 331 Å². The minimum Gasteiger partial charge on any atom is -0.462 e. The molecule has 0 unspecified atom stereocenters. The van der Waals surface area contributed by atoms with Crippen molar-refractivity contribution in [2.45, 2.75) is 179 Å². The minimum absolute atomic E-state index is 0.0676. The van der Waals surface area contributed by atoms with E-state index in [1.54, 1.807) is 0 Å². The summed E-state index contributed by atoms with van der Waals surface area (Å²) in [6, 6.07) is 0. The Morgan fingerprint density at radius 2 is 0.982 bits per heavy atom. The van der Waals surface area contributed by atoms with Crippen LogP contribution in [0, 0.1) is 27.7 Å². The average Bonchev–Trinajstić information content (AvgIpc) is 3.74. The molecule has 8 nitrogen and oxygen atoms in total. The second-order valence-electron chi connectivity index (χ2n) is 16.0. The molecule has 2 aliphatic heterocycles. The average molecular weight is 753 g/mol. The van der Waals surface area contributed by atoms with Crippen LogP contribution in [0.4, 0.5) is 0 Å². The third-order valence-electron chi connectivity index (χ3n) is 11.5. The van der Waals surface area contributed by atoms with Gasteiger partial charge in [-0.05, 0) is 152 Å². The third kappa shape index (κ3) is 11.4. The van der Waals surface area contributed by atoms with Crippen molar-refractivity contribution in [2.24, 2.45) is 9.98 Å². The first-order chi connectivity index (χ1) is 26.1. The Morgan fingerprint density at radius 1 is 0.600 bits per heavy atom. The van der Waals surface area contributed by atoms with Crippen LogP contribution < -0.4 is 0 Å². The number of carbonyl (C=O) groups is 2. The third-order valence-corrected chi connectivity index (χ3v) is 11.5. The summed E-state index contributed by atoms with van der Waals surface area (Å²) in [7, 11) is 0. The zero-order valence-electron chi connectivity index (χ0n) is 36.0. The van der Waals surface area contributed by atoms with E-state index >= 15 is 0 Å². The lowest BCUT2D eigenvalue weighted by Crippen LogP contribution is -2.17. The van der Waals surface area contributed by atoms with Crippen LogP contribution in [0.25, 0.3) is 12.2 Å². The molecule has 2 aliphatic rings. The van der Waals surface area contributed by atoms with Gasteiger partial charge in [0.25, 0.3) is 0 Å². The largest absolute Gasteiger partial charge is 0.462 e. The number of nitrogens with zero attached hydrogens (tertiary/aromatic N) is 2. The predicted molar refractivity (Wildman–Crippen MR) is 229 cm³/mol. The number of nitrogens with one attached hydrogen (secondary N) is 2. The Bertz CT molecular complexity index is 1770. The van der Waals surface area contributed by atoms with Crippen LogP contribution in [0.15, 0.2) is 43.7 Å². The van der Waals surface area contributed by atoms with Gasteiger partial charge < -0.3 is 19.4 Å². The molecule has 2 atom stereocenters. The maximum atomic E-state index is 12.9. The second-order valence-corrected chi connectivity index (χ2v) is 16.0. The Morgan fingerprint density at radius 3 is 1.35 bits per heavy atom. The number of hydrogen-bond donors (Lipinski definition) is 2. The lowest BCUT2D eigenvalue weighted by Gasteiger charge is -2.13. The van der Waals surface area contributed by atoms with E-state index in [2.05, 4.69) is 77.5 Å². The van der Waals surface area contributed by atoms with Gasteiger partial charge in [-0.15, -0.1) is 0 Å². The molecule has 8 heteroatoms. The molecule has 0 fully saturated rings. The molecule has 0 saturated carbocycles. The molecular formula is C47H68N4O4. The molecular weight excluding hydrogens is 685 g/mol. The zero-order chi connectivity index (χ0) is 40.4. The summed E-state index contributed by atoms with van der Waals surface area (Å²) in [6.45, 7) is 25.0. The topological polar surface area (TPSA) is 109 Å². The van der Waals surface area contributed by atoms with Gasteiger partial charge in [0.15, 0.2) is 0 Å². The molecule has 0 saturated heterocycles. The summed E-state index contributed by atoms with van der Waals surface area (Å²) in [5, 5.41) is 0. The summed E-state index contributed by atoms with van der Waals surface area (Å²) in [4.78, 5) is 42.8. The van der Waals surface area contributed by atoms with Crippen molar-refractivity contribution in [1.82, 2.24) is 9.97 Å². The molecule has 0 radical (unpaired) electrons. The van der Waals surface area contributed by atoms with Gasteiger partial charge in [0.2, 0.25) is 0 Å². The highest BCUT2D eigenvalue weighted by atomic mass is 16.5. The highest BCUT2D eigenvalue weighted by Crippen LogP contribution is 2.37. The minimum atomic E-state index is -0.175. The predicted octanol–water partition coefficient (Wildman–Crippen LogP) is 11.8. The first kappa shape index (κ1) is 43.5. The lowest BCUT2D eigenvalue weighted by atomic mass is 9.93. The maximum Gasteiger partial charge on any atom is 0.310 e. The van der Waals surface area contributed by atoms with Gasteiger partial charge in [0.05, 0.1) is 36.4 Å². The van der Waals surface area contributed by atoms with E-state index in [0.29, 0.717) is 0 Å². The van der Waals surface area contributed by atoms with Crippen LogP contribution in [0.1, 0.15) is 171 Å². The van der Waals surface area contributed by atoms with Crippen molar-refractivity contribution < 1.29 is 19.1 Å². The van der Waals surface area contributed by atoms with Crippen LogP contribution in [-0.4, -0.2) is 45.5 Å². The molecule has 0 bridgehead atoms. The van der Waals surface area contributed by atoms with Gasteiger partial charge >= 0.3 is 11.9 Å². The van der Waals surface area contributed by atoms with Crippen LogP contribution in [0.2, 0.25) is 0 Å². The number of aryl methyl sites for hydroxylation is 2. The van der Waals surface area contributed by atoms with Crippen LogP contribution in [0.3, 0.4) is 0 Å². The number of H-pyrrole nitrogens is 2. The van der Waals surface area contributed by atoms with E-state index < -0.39 is 0 Å². The molecule has 300 valence electrons. The summed E-state index contributed by atoms with van der Waals surface area (Å²) < 4.78 is 11.5. The Balaban J connectivity index is 1.46. The van der Waals surface area contributed by atoms with Crippen LogP contribution in [0.5, 0.6) is 0 Å². The fraction of sp³-hybridized carbons (Fsp3) is 0.574. The number of rotatable bonds is 20. The van der Waals surface area contributed by atoms with E-state index in [0.717, 1.165) is 111 Å². The number of ether oxygens (including phenoxy) is 2. The van der Waals surface area contributed by atoms with Gasteiger partial charge in [-0.3, -0.25) is 19.6 Å². The fourth-order valence-corrected chi connectivity index (χ4v) is 7.87. The molecule has 0 amide bonds. The molecule has 0 spiro atoms. The fourth-order valence-electron chi connectivity index (χ4n) is 7.87. The molecule has 4 heterocycles. The smallest absolute Gasteiger partial charge is 0.310 e. The van der Waals surface area contributed by atoms with E-state index in [-0.39, 0.29) is 37.0 Å². The number of esters is 2.